The lowest BCUT2D eigenvalue weighted by molar-refractivity contribution is -0.396. The molecule has 0 saturated heterocycles. The van der Waals surface area contributed by atoms with Crippen molar-refractivity contribution in [2.45, 2.75) is 12.7 Å². The first-order valence-corrected chi connectivity index (χ1v) is 5.43. The van der Waals surface area contributed by atoms with Gasteiger partial charge >= 0.3 is 18.1 Å². The molecule has 21 heavy (non-hydrogen) atoms. The lowest BCUT2D eigenvalue weighted by atomic mass is 10.6. The Balaban J connectivity index is 0.000000486. The van der Waals surface area contributed by atoms with E-state index >= 15 is 0 Å². The summed E-state index contributed by atoms with van der Waals surface area (Å²) in [5.74, 6) is -2.92. The van der Waals surface area contributed by atoms with E-state index < -0.39 is 17.1 Å². The fraction of sp³-hybridized carbons (Fsp3) is 0.556. The second kappa shape index (κ2) is 8.86. The molecule has 3 N–H and O–H groups in total. The van der Waals surface area contributed by atoms with E-state index in [0.29, 0.717) is 26.3 Å². The summed E-state index contributed by atoms with van der Waals surface area (Å²) in [7, 11) is 0. The SMILES string of the molecule is NCCOCCn1ccnc1[N+](=O)[O-].O=C(O)C(F)(F)F. The fourth-order valence-corrected chi connectivity index (χ4v) is 0.996. The van der Waals surface area contributed by atoms with Crippen LogP contribution < -0.4 is 5.73 Å². The van der Waals surface area contributed by atoms with Crippen molar-refractivity contribution in [2.75, 3.05) is 19.8 Å². The number of rotatable bonds is 6. The van der Waals surface area contributed by atoms with E-state index in [1.807, 2.05) is 0 Å². The molecule has 0 spiro atoms. The minimum Gasteiger partial charge on any atom is -0.475 e. The Morgan fingerprint density at radius 1 is 1.52 bits per heavy atom. The number of alkyl halides is 3. The molecule has 0 aromatic carbocycles. The average molecular weight is 314 g/mol. The molecular weight excluding hydrogens is 301 g/mol. The van der Waals surface area contributed by atoms with E-state index in [9.17, 15) is 23.3 Å². The highest BCUT2D eigenvalue weighted by atomic mass is 19.4. The Hall–Kier alpha value is -2.21. The van der Waals surface area contributed by atoms with Gasteiger partial charge in [0.25, 0.3) is 0 Å². The topological polar surface area (TPSA) is 134 Å². The van der Waals surface area contributed by atoms with E-state index in [1.54, 1.807) is 6.20 Å². The number of hydrogen-bond donors (Lipinski definition) is 2. The van der Waals surface area contributed by atoms with Gasteiger partial charge in [-0.25, -0.2) is 9.36 Å². The van der Waals surface area contributed by atoms with E-state index in [0.717, 1.165) is 0 Å². The summed E-state index contributed by atoms with van der Waals surface area (Å²) < 4.78 is 38.3. The highest BCUT2D eigenvalue weighted by molar-refractivity contribution is 5.73. The highest BCUT2D eigenvalue weighted by Crippen LogP contribution is 2.13. The van der Waals surface area contributed by atoms with Gasteiger partial charge in [0, 0.05) is 6.54 Å². The van der Waals surface area contributed by atoms with Crippen LogP contribution in [0, 0.1) is 10.1 Å². The molecule has 0 unspecified atom stereocenters. The van der Waals surface area contributed by atoms with Gasteiger partial charge in [0.15, 0.2) is 0 Å². The Bertz CT molecular complexity index is 462. The summed E-state index contributed by atoms with van der Waals surface area (Å²) in [4.78, 5) is 22.4. The number of carbonyl (C=O) groups is 1. The van der Waals surface area contributed by atoms with Crippen molar-refractivity contribution in [3.8, 4) is 0 Å². The third-order valence-electron chi connectivity index (χ3n) is 1.84. The smallest absolute Gasteiger partial charge is 0.475 e. The Labute approximate surface area is 116 Å². The number of carboxylic acid groups (broad SMARTS) is 1. The minimum absolute atomic E-state index is 0.165. The van der Waals surface area contributed by atoms with E-state index in [2.05, 4.69) is 4.98 Å². The molecule has 12 heteroatoms. The number of nitrogens with zero attached hydrogens (tertiary/aromatic N) is 3. The van der Waals surface area contributed by atoms with E-state index in [-0.39, 0.29) is 5.95 Å². The van der Waals surface area contributed by atoms with Crippen LogP contribution >= 0.6 is 0 Å². The van der Waals surface area contributed by atoms with Crippen LogP contribution in [0.15, 0.2) is 12.4 Å². The van der Waals surface area contributed by atoms with Crippen molar-refractivity contribution >= 4 is 11.9 Å². The van der Waals surface area contributed by atoms with Gasteiger partial charge in [-0.2, -0.15) is 13.2 Å². The standard InChI is InChI=1S/C7H12N4O3.C2HF3O2/c8-1-5-14-6-4-10-3-2-9-7(10)11(12)13;3-2(4,5)1(6)7/h2-3H,1,4-6,8H2;(H,6,7). The molecule has 1 heterocycles. The molecule has 0 fully saturated rings. The van der Waals surface area contributed by atoms with Crippen LogP contribution in [0.4, 0.5) is 19.1 Å². The van der Waals surface area contributed by atoms with Gasteiger partial charge in [-0.1, -0.05) is 4.98 Å². The molecule has 0 atom stereocenters. The van der Waals surface area contributed by atoms with Crippen LogP contribution in [0.3, 0.4) is 0 Å². The minimum atomic E-state index is -5.08. The molecule has 0 aliphatic heterocycles. The van der Waals surface area contributed by atoms with Gasteiger partial charge in [-0.05, 0) is 4.92 Å². The number of imidazole rings is 1. The molecule has 0 radical (unpaired) electrons. The fourth-order valence-electron chi connectivity index (χ4n) is 0.996. The molecule has 9 nitrogen and oxygen atoms in total. The molecule has 120 valence electrons. The Morgan fingerprint density at radius 3 is 2.52 bits per heavy atom. The summed E-state index contributed by atoms with van der Waals surface area (Å²) >= 11 is 0. The second-order valence-electron chi connectivity index (χ2n) is 3.38. The third kappa shape index (κ3) is 7.84. The number of nitro groups is 1. The zero-order valence-corrected chi connectivity index (χ0v) is 10.6. The van der Waals surface area contributed by atoms with Crippen molar-refractivity contribution in [1.82, 2.24) is 9.55 Å². The number of ether oxygens (including phenoxy) is 1. The molecule has 0 aliphatic carbocycles. The maximum atomic E-state index is 10.6. The van der Waals surface area contributed by atoms with Gasteiger partial charge in [-0.3, -0.25) is 0 Å². The molecular formula is C9H13F3N4O5. The van der Waals surface area contributed by atoms with Crippen molar-refractivity contribution in [3.63, 3.8) is 0 Å². The van der Waals surface area contributed by atoms with Crippen molar-refractivity contribution in [3.05, 3.63) is 22.5 Å². The highest BCUT2D eigenvalue weighted by Gasteiger charge is 2.38. The number of nitrogens with two attached hydrogens (primary N) is 1. The van der Waals surface area contributed by atoms with E-state index in [4.69, 9.17) is 20.4 Å². The summed E-state index contributed by atoms with van der Waals surface area (Å²) in [5, 5.41) is 17.6. The third-order valence-corrected chi connectivity index (χ3v) is 1.84. The number of halogens is 3. The maximum absolute atomic E-state index is 10.6. The zero-order chi connectivity index (χ0) is 16.5. The predicted octanol–water partition coefficient (Wildman–Crippen LogP) is 0.400. The zero-order valence-electron chi connectivity index (χ0n) is 10.6. The van der Waals surface area contributed by atoms with Gasteiger partial charge in [0.2, 0.25) is 0 Å². The van der Waals surface area contributed by atoms with Crippen LogP contribution in [-0.4, -0.2) is 51.5 Å². The van der Waals surface area contributed by atoms with Crippen LogP contribution in [0.25, 0.3) is 0 Å². The number of aromatic nitrogens is 2. The van der Waals surface area contributed by atoms with Gasteiger partial charge in [-0.15, -0.1) is 0 Å². The molecule has 0 aliphatic rings. The van der Waals surface area contributed by atoms with Crippen molar-refractivity contribution < 1.29 is 32.7 Å². The molecule has 0 amide bonds. The van der Waals surface area contributed by atoms with Crippen molar-refractivity contribution in [2.24, 2.45) is 5.73 Å². The predicted molar refractivity (Wildman–Crippen MR) is 62.4 cm³/mol. The second-order valence-corrected chi connectivity index (χ2v) is 3.38. The first-order valence-electron chi connectivity index (χ1n) is 5.43. The number of aliphatic carboxylic acids is 1. The molecule has 1 aromatic heterocycles. The number of carboxylic acids is 1. The Kier molecular flexibility index (Phi) is 7.93. The monoisotopic (exact) mass is 314 g/mol. The summed E-state index contributed by atoms with van der Waals surface area (Å²) in [6, 6.07) is 0. The van der Waals surface area contributed by atoms with Gasteiger partial charge in [0.05, 0.1) is 19.8 Å². The first-order chi connectivity index (χ1) is 9.70. The van der Waals surface area contributed by atoms with Gasteiger partial charge in [0.1, 0.15) is 12.4 Å². The van der Waals surface area contributed by atoms with Crippen molar-refractivity contribution in [1.29, 1.82) is 0 Å². The van der Waals surface area contributed by atoms with E-state index in [1.165, 1.54) is 10.8 Å². The normalized spacial score (nSPS) is 10.7. The number of hydrogen-bond acceptors (Lipinski definition) is 6. The molecule has 0 saturated carbocycles. The lowest BCUT2D eigenvalue weighted by Crippen LogP contribution is -2.21. The average Bonchev–Trinajstić information content (AvgIpc) is 2.82. The molecule has 1 rings (SSSR count). The Morgan fingerprint density at radius 2 is 2.10 bits per heavy atom. The molecule has 0 bridgehead atoms. The maximum Gasteiger partial charge on any atom is 0.490 e. The summed E-state index contributed by atoms with van der Waals surface area (Å²) in [6.07, 6.45) is -2.15. The lowest BCUT2D eigenvalue weighted by Gasteiger charge is -2.02. The largest absolute Gasteiger partial charge is 0.490 e. The van der Waals surface area contributed by atoms with Crippen LogP contribution in [0.2, 0.25) is 0 Å². The summed E-state index contributed by atoms with van der Waals surface area (Å²) in [5.41, 5.74) is 5.21. The van der Waals surface area contributed by atoms with Crippen LogP contribution in [0.1, 0.15) is 0 Å². The summed E-state index contributed by atoms with van der Waals surface area (Å²) in [6.45, 7) is 1.72. The van der Waals surface area contributed by atoms with Crippen LogP contribution in [0.5, 0.6) is 0 Å². The first kappa shape index (κ1) is 18.8. The van der Waals surface area contributed by atoms with Crippen LogP contribution in [-0.2, 0) is 16.1 Å². The quantitative estimate of drug-likeness (QED) is 0.441. The molecule has 1 aromatic rings. The van der Waals surface area contributed by atoms with Gasteiger partial charge < -0.3 is 25.7 Å².